The highest BCUT2D eigenvalue weighted by Crippen LogP contribution is 2.16. The monoisotopic (exact) mass is 260 g/mol. The summed E-state index contributed by atoms with van der Waals surface area (Å²) >= 11 is 0. The van der Waals surface area contributed by atoms with E-state index in [0.29, 0.717) is 19.8 Å². The lowest BCUT2D eigenvalue weighted by Gasteiger charge is -2.22. The molecule has 2 atom stereocenters. The van der Waals surface area contributed by atoms with Gasteiger partial charge in [0.15, 0.2) is 0 Å². The van der Waals surface area contributed by atoms with E-state index in [2.05, 4.69) is 6.07 Å². The highest BCUT2D eigenvalue weighted by Gasteiger charge is 2.25. The van der Waals surface area contributed by atoms with Crippen LogP contribution >= 0.6 is 0 Å². The lowest BCUT2D eigenvalue weighted by Crippen LogP contribution is -2.37. The van der Waals surface area contributed by atoms with E-state index in [1.807, 2.05) is 35.2 Å². The first-order valence-electron chi connectivity index (χ1n) is 6.73. The predicted octanol–water partition coefficient (Wildman–Crippen LogP) is 1.55. The first-order valence-corrected chi connectivity index (χ1v) is 6.73. The van der Waals surface area contributed by atoms with Crippen LogP contribution in [0.1, 0.15) is 18.4 Å². The van der Waals surface area contributed by atoms with E-state index < -0.39 is 6.10 Å². The minimum absolute atomic E-state index is 0.0382. The van der Waals surface area contributed by atoms with Crippen molar-refractivity contribution >= 4 is 0 Å². The van der Waals surface area contributed by atoms with Crippen LogP contribution in [0.5, 0.6) is 0 Å². The number of hydrogen-bond donors (Lipinski definition) is 1. The van der Waals surface area contributed by atoms with Gasteiger partial charge in [0.25, 0.3) is 0 Å². The van der Waals surface area contributed by atoms with Crippen LogP contribution in [0, 0.1) is 11.3 Å². The summed E-state index contributed by atoms with van der Waals surface area (Å²) in [5.74, 6) is 0. The zero-order valence-electron chi connectivity index (χ0n) is 11.0. The molecular weight excluding hydrogens is 240 g/mol. The summed E-state index contributed by atoms with van der Waals surface area (Å²) in [5.41, 5.74) is 1.10. The number of aliphatic hydroxyl groups is 1. The summed E-state index contributed by atoms with van der Waals surface area (Å²) in [6.45, 7) is 2.24. The zero-order chi connectivity index (χ0) is 13.5. The molecule has 2 rings (SSSR count). The van der Waals surface area contributed by atoms with Crippen LogP contribution in [-0.2, 0) is 11.3 Å². The summed E-state index contributed by atoms with van der Waals surface area (Å²) in [5, 5.41) is 18.9. The first-order chi connectivity index (χ1) is 9.29. The average molecular weight is 260 g/mol. The number of ether oxygens (including phenoxy) is 1. The molecule has 0 radical (unpaired) electrons. The fraction of sp³-hybridized carbons (Fsp3) is 0.533. The van der Waals surface area contributed by atoms with E-state index in [1.54, 1.807) is 0 Å². The molecule has 4 heteroatoms. The molecule has 1 fully saturated rings. The van der Waals surface area contributed by atoms with Crippen LogP contribution in [0.15, 0.2) is 30.3 Å². The average Bonchev–Trinajstić information content (AvgIpc) is 2.87. The molecule has 2 unspecified atom stereocenters. The van der Waals surface area contributed by atoms with E-state index in [9.17, 15) is 5.11 Å². The van der Waals surface area contributed by atoms with Gasteiger partial charge in [0, 0.05) is 6.54 Å². The second kappa shape index (κ2) is 7.25. The van der Waals surface area contributed by atoms with Crippen molar-refractivity contribution in [3.05, 3.63) is 35.9 Å². The van der Waals surface area contributed by atoms with Gasteiger partial charge >= 0.3 is 0 Å². The normalized spacial score (nSPS) is 21.2. The summed E-state index contributed by atoms with van der Waals surface area (Å²) < 4.78 is 5.50. The van der Waals surface area contributed by atoms with E-state index in [1.165, 1.54) is 0 Å². The zero-order valence-corrected chi connectivity index (χ0v) is 11.0. The highest BCUT2D eigenvalue weighted by atomic mass is 16.5. The van der Waals surface area contributed by atoms with Gasteiger partial charge in [-0.1, -0.05) is 30.3 Å². The summed E-state index contributed by atoms with van der Waals surface area (Å²) in [6, 6.07) is 12.1. The number of hydrogen-bond acceptors (Lipinski definition) is 4. The molecule has 0 bridgehead atoms. The molecule has 1 heterocycles. The Bertz CT molecular complexity index is 416. The summed E-state index contributed by atoms with van der Waals surface area (Å²) in [4.78, 5) is 2.04. The molecule has 0 aliphatic carbocycles. The highest BCUT2D eigenvalue weighted by molar-refractivity contribution is 5.13. The van der Waals surface area contributed by atoms with Crippen molar-refractivity contribution in [3.63, 3.8) is 0 Å². The number of β-amino-alcohol motifs (C(OH)–C–C–N with tert-alkyl or cyclic N) is 1. The minimum Gasteiger partial charge on any atom is -0.389 e. The maximum Gasteiger partial charge on any atom is 0.0979 e. The molecule has 0 saturated carbocycles. The summed E-state index contributed by atoms with van der Waals surface area (Å²) in [7, 11) is 0. The van der Waals surface area contributed by atoms with Crippen molar-refractivity contribution < 1.29 is 9.84 Å². The fourth-order valence-corrected chi connectivity index (χ4v) is 2.40. The van der Waals surface area contributed by atoms with E-state index in [4.69, 9.17) is 10.00 Å². The lowest BCUT2D eigenvalue weighted by molar-refractivity contribution is 0.0106. The molecule has 1 saturated heterocycles. The van der Waals surface area contributed by atoms with Crippen molar-refractivity contribution in [2.24, 2.45) is 0 Å². The second-order valence-electron chi connectivity index (χ2n) is 4.94. The van der Waals surface area contributed by atoms with Crippen LogP contribution in [0.25, 0.3) is 0 Å². The van der Waals surface area contributed by atoms with Gasteiger partial charge < -0.3 is 9.84 Å². The van der Waals surface area contributed by atoms with Gasteiger partial charge in [-0.3, -0.25) is 4.90 Å². The van der Waals surface area contributed by atoms with Gasteiger partial charge in [0.1, 0.15) is 0 Å². The Morgan fingerprint density at radius 1 is 1.42 bits per heavy atom. The third kappa shape index (κ3) is 4.32. The standard InChI is InChI=1S/C15H20N2O2/c16-9-14-7-4-8-17(14)10-15(18)12-19-11-13-5-2-1-3-6-13/h1-3,5-6,14-15,18H,4,7-8,10-12H2. The molecule has 0 amide bonds. The second-order valence-corrected chi connectivity index (χ2v) is 4.94. The molecule has 1 aliphatic heterocycles. The molecule has 0 aromatic heterocycles. The van der Waals surface area contributed by atoms with Gasteiger partial charge in [-0.2, -0.15) is 5.26 Å². The van der Waals surface area contributed by atoms with E-state index in [-0.39, 0.29) is 6.04 Å². The predicted molar refractivity (Wildman–Crippen MR) is 72.3 cm³/mol. The van der Waals surface area contributed by atoms with Crippen molar-refractivity contribution in [2.75, 3.05) is 19.7 Å². The van der Waals surface area contributed by atoms with Gasteiger partial charge in [-0.25, -0.2) is 0 Å². The van der Waals surface area contributed by atoms with Gasteiger partial charge in [-0.15, -0.1) is 0 Å². The van der Waals surface area contributed by atoms with Crippen LogP contribution in [0.2, 0.25) is 0 Å². The molecule has 102 valence electrons. The van der Waals surface area contributed by atoms with E-state index >= 15 is 0 Å². The van der Waals surface area contributed by atoms with E-state index in [0.717, 1.165) is 24.9 Å². The van der Waals surface area contributed by atoms with Crippen molar-refractivity contribution in [3.8, 4) is 6.07 Å². The molecule has 0 spiro atoms. The molecule has 1 aromatic carbocycles. The van der Waals surface area contributed by atoms with Crippen LogP contribution in [0.3, 0.4) is 0 Å². The largest absolute Gasteiger partial charge is 0.389 e. The molecule has 1 aromatic rings. The Kier molecular flexibility index (Phi) is 5.34. The summed E-state index contributed by atoms with van der Waals surface area (Å²) in [6.07, 6.45) is 1.42. The molecular formula is C15H20N2O2. The van der Waals surface area contributed by atoms with Gasteiger partial charge in [0.05, 0.1) is 31.4 Å². The SMILES string of the molecule is N#CC1CCCN1CC(O)COCc1ccccc1. The van der Waals surface area contributed by atoms with Crippen molar-refractivity contribution in [2.45, 2.75) is 31.6 Å². The third-order valence-electron chi connectivity index (χ3n) is 3.38. The van der Waals surface area contributed by atoms with Crippen LogP contribution in [-0.4, -0.2) is 41.8 Å². The van der Waals surface area contributed by atoms with Crippen LogP contribution in [0.4, 0.5) is 0 Å². The Labute approximate surface area is 114 Å². The molecule has 1 aliphatic rings. The Hall–Kier alpha value is -1.41. The fourth-order valence-electron chi connectivity index (χ4n) is 2.40. The van der Waals surface area contributed by atoms with Crippen molar-refractivity contribution in [1.29, 1.82) is 5.26 Å². The molecule has 19 heavy (non-hydrogen) atoms. The molecule has 4 nitrogen and oxygen atoms in total. The Balaban J connectivity index is 1.67. The Morgan fingerprint density at radius 2 is 2.21 bits per heavy atom. The lowest BCUT2D eigenvalue weighted by atomic mass is 10.2. The first kappa shape index (κ1) is 14.0. The number of rotatable bonds is 6. The molecule has 1 N–H and O–H groups in total. The van der Waals surface area contributed by atoms with Gasteiger partial charge in [-0.05, 0) is 24.9 Å². The maximum absolute atomic E-state index is 9.92. The number of aliphatic hydroxyl groups excluding tert-OH is 1. The minimum atomic E-state index is -0.530. The number of nitriles is 1. The quantitative estimate of drug-likeness (QED) is 0.843. The topological polar surface area (TPSA) is 56.5 Å². The number of likely N-dealkylation sites (tertiary alicyclic amines) is 1. The van der Waals surface area contributed by atoms with Gasteiger partial charge in [0.2, 0.25) is 0 Å². The maximum atomic E-state index is 9.92. The Morgan fingerprint density at radius 3 is 2.95 bits per heavy atom. The van der Waals surface area contributed by atoms with Crippen molar-refractivity contribution in [1.82, 2.24) is 4.90 Å². The third-order valence-corrected chi connectivity index (χ3v) is 3.38. The number of nitrogens with zero attached hydrogens (tertiary/aromatic N) is 2. The smallest absolute Gasteiger partial charge is 0.0979 e. The van der Waals surface area contributed by atoms with Crippen LogP contribution < -0.4 is 0 Å². The number of benzene rings is 1.